The molecule has 3 rings (SSSR count). The van der Waals surface area contributed by atoms with Gasteiger partial charge in [-0.2, -0.15) is 0 Å². The zero-order valence-corrected chi connectivity index (χ0v) is 18.1. The quantitative estimate of drug-likeness (QED) is 0.460. The van der Waals surface area contributed by atoms with E-state index in [2.05, 4.69) is 10.6 Å². The van der Waals surface area contributed by atoms with Crippen LogP contribution in [0.15, 0.2) is 58.3 Å². The molecule has 1 amide bonds. The highest BCUT2D eigenvalue weighted by molar-refractivity contribution is 7.99. The van der Waals surface area contributed by atoms with Crippen LogP contribution in [0.3, 0.4) is 0 Å². The Bertz CT molecular complexity index is 1060. The molecule has 0 aliphatic carbocycles. The highest BCUT2D eigenvalue weighted by Gasteiger charge is 2.17. The van der Waals surface area contributed by atoms with E-state index >= 15 is 0 Å². The Labute approximate surface area is 180 Å². The van der Waals surface area contributed by atoms with Crippen LogP contribution < -0.4 is 10.6 Å². The first-order valence-corrected chi connectivity index (χ1v) is 10.3. The summed E-state index contributed by atoms with van der Waals surface area (Å²) in [5, 5.41) is 14.3. The highest BCUT2D eigenvalue weighted by atomic mass is 35.5. The number of hydrogen-bond donors (Lipinski definition) is 3. The number of carbonyl (C=O) groups excluding carboxylic acids is 1. The van der Waals surface area contributed by atoms with E-state index in [1.54, 1.807) is 11.8 Å². The molecule has 3 N–H and O–H groups in total. The van der Waals surface area contributed by atoms with E-state index in [0.717, 1.165) is 32.3 Å². The van der Waals surface area contributed by atoms with Crippen molar-refractivity contribution in [3.63, 3.8) is 0 Å². The van der Waals surface area contributed by atoms with Crippen molar-refractivity contribution < 1.29 is 4.79 Å². The van der Waals surface area contributed by atoms with E-state index in [-0.39, 0.29) is 5.91 Å². The molecule has 0 atom stereocenters. The Morgan fingerprint density at radius 1 is 1.24 bits per heavy atom. The molecular weight excluding hydrogens is 404 g/mol. The van der Waals surface area contributed by atoms with Crippen LogP contribution in [0.25, 0.3) is 0 Å². The number of rotatable bonds is 7. The number of benzene rings is 2. The van der Waals surface area contributed by atoms with Gasteiger partial charge in [-0.3, -0.25) is 4.79 Å². The number of carbonyl (C=O) groups is 1. The molecule has 2 aromatic carbocycles. The zero-order valence-electron chi connectivity index (χ0n) is 16.5. The summed E-state index contributed by atoms with van der Waals surface area (Å²) < 4.78 is 1.90. The molecule has 0 bridgehead atoms. The van der Waals surface area contributed by atoms with Gasteiger partial charge < -0.3 is 20.6 Å². The average molecular weight is 427 g/mol. The van der Waals surface area contributed by atoms with Crippen LogP contribution in [-0.4, -0.2) is 23.7 Å². The topological polar surface area (TPSA) is 69.9 Å². The number of halogens is 1. The van der Waals surface area contributed by atoms with Gasteiger partial charge in [0.1, 0.15) is 5.69 Å². The fraction of sp³-hybridized carbons (Fsp3) is 0.182. The van der Waals surface area contributed by atoms with Gasteiger partial charge in [-0.1, -0.05) is 47.6 Å². The van der Waals surface area contributed by atoms with Gasteiger partial charge in [0.2, 0.25) is 0 Å². The molecule has 0 aliphatic rings. The van der Waals surface area contributed by atoms with Gasteiger partial charge >= 0.3 is 0 Å². The Morgan fingerprint density at radius 2 is 2.00 bits per heavy atom. The van der Waals surface area contributed by atoms with Crippen molar-refractivity contribution in [3.05, 3.63) is 76.1 Å². The summed E-state index contributed by atoms with van der Waals surface area (Å²) in [6.07, 6.45) is 1.30. The Balaban J connectivity index is 1.77. The molecule has 3 aromatic rings. The van der Waals surface area contributed by atoms with E-state index in [1.807, 2.05) is 74.1 Å². The van der Waals surface area contributed by atoms with Crippen molar-refractivity contribution >= 4 is 41.2 Å². The molecule has 0 spiro atoms. The smallest absolute Gasteiger partial charge is 0.268 e. The minimum Gasteiger partial charge on any atom is -0.387 e. The van der Waals surface area contributed by atoms with Gasteiger partial charge in [-0.15, -0.1) is 0 Å². The second kappa shape index (κ2) is 9.20. The van der Waals surface area contributed by atoms with Crippen LogP contribution in [0, 0.1) is 12.3 Å². The number of amides is 1. The molecule has 7 heteroatoms. The van der Waals surface area contributed by atoms with Crippen LogP contribution in [0.4, 0.5) is 5.69 Å². The number of anilines is 1. The first-order chi connectivity index (χ1) is 13.9. The molecular formula is C22H23ClN4OS. The van der Waals surface area contributed by atoms with E-state index in [4.69, 9.17) is 17.0 Å². The number of hydrogen-bond acceptors (Lipinski definition) is 4. The summed E-state index contributed by atoms with van der Waals surface area (Å²) in [6.45, 7) is 2.37. The van der Waals surface area contributed by atoms with Gasteiger partial charge in [-0.05, 0) is 36.8 Å². The lowest BCUT2D eigenvalue weighted by atomic mass is 10.1. The van der Waals surface area contributed by atoms with Crippen molar-refractivity contribution in [2.45, 2.75) is 23.3 Å². The highest BCUT2D eigenvalue weighted by Crippen LogP contribution is 2.33. The van der Waals surface area contributed by atoms with E-state index in [1.165, 1.54) is 6.21 Å². The van der Waals surface area contributed by atoms with Crippen molar-refractivity contribution in [1.82, 2.24) is 9.88 Å². The Morgan fingerprint density at radius 3 is 2.69 bits per heavy atom. The fourth-order valence-corrected chi connectivity index (χ4v) is 4.41. The lowest BCUT2D eigenvalue weighted by molar-refractivity contribution is 0.0942. The molecule has 29 heavy (non-hydrogen) atoms. The maximum Gasteiger partial charge on any atom is 0.268 e. The molecule has 0 aliphatic heterocycles. The second-order valence-corrected chi connectivity index (χ2v) is 8.11. The second-order valence-electron chi connectivity index (χ2n) is 6.56. The number of para-hydroxylation sites is 1. The lowest BCUT2D eigenvalue weighted by Crippen LogP contribution is -2.25. The third-order valence-corrected chi connectivity index (χ3v) is 6.13. The zero-order chi connectivity index (χ0) is 21.0. The average Bonchev–Trinajstić information content (AvgIpc) is 3.00. The normalized spacial score (nSPS) is 10.6. The molecule has 1 heterocycles. The van der Waals surface area contributed by atoms with Gasteiger partial charge in [0, 0.05) is 58.6 Å². The molecule has 0 saturated carbocycles. The van der Waals surface area contributed by atoms with Gasteiger partial charge in [-0.25, -0.2) is 0 Å². The monoisotopic (exact) mass is 426 g/mol. The molecule has 0 unspecified atom stereocenters. The maximum atomic E-state index is 12.8. The molecule has 5 nitrogen and oxygen atoms in total. The summed E-state index contributed by atoms with van der Waals surface area (Å²) in [4.78, 5) is 14.9. The van der Waals surface area contributed by atoms with E-state index in [0.29, 0.717) is 17.3 Å². The van der Waals surface area contributed by atoms with Crippen LogP contribution in [-0.2, 0) is 13.6 Å². The molecule has 0 fully saturated rings. The Kier molecular flexibility index (Phi) is 6.67. The van der Waals surface area contributed by atoms with Gasteiger partial charge in [0.15, 0.2) is 0 Å². The van der Waals surface area contributed by atoms with Crippen molar-refractivity contribution in [2.24, 2.45) is 7.05 Å². The summed E-state index contributed by atoms with van der Waals surface area (Å²) in [7, 11) is 3.70. The van der Waals surface area contributed by atoms with Crippen molar-refractivity contribution in [1.29, 1.82) is 5.41 Å². The summed E-state index contributed by atoms with van der Waals surface area (Å²) >= 11 is 7.67. The van der Waals surface area contributed by atoms with Crippen molar-refractivity contribution in [3.8, 4) is 0 Å². The van der Waals surface area contributed by atoms with E-state index in [9.17, 15) is 4.79 Å². The van der Waals surface area contributed by atoms with Crippen LogP contribution in [0.5, 0.6) is 0 Å². The lowest BCUT2D eigenvalue weighted by Gasteiger charge is -2.13. The SMILES string of the molecule is CNc1c(C=N)cccc1CNC(=O)c1cc(Sc2cccc(Cl)c2)c(C)n1C. The van der Waals surface area contributed by atoms with E-state index < -0.39 is 0 Å². The molecule has 0 radical (unpaired) electrons. The summed E-state index contributed by atoms with van der Waals surface area (Å²) in [5.74, 6) is -0.143. The summed E-state index contributed by atoms with van der Waals surface area (Å²) in [5.41, 5.74) is 4.18. The first kappa shape index (κ1) is 21.0. The predicted octanol–water partition coefficient (Wildman–Crippen LogP) is 5.11. The number of aromatic nitrogens is 1. The minimum atomic E-state index is -0.143. The number of nitrogens with zero attached hydrogens (tertiary/aromatic N) is 1. The number of nitrogens with one attached hydrogen (secondary N) is 3. The molecule has 1 aromatic heterocycles. The predicted molar refractivity (Wildman–Crippen MR) is 121 cm³/mol. The molecule has 150 valence electrons. The van der Waals surface area contributed by atoms with Gasteiger partial charge in [0.05, 0.1) is 0 Å². The van der Waals surface area contributed by atoms with Crippen LogP contribution in [0.2, 0.25) is 5.02 Å². The van der Waals surface area contributed by atoms with Crippen LogP contribution >= 0.6 is 23.4 Å². The molecule has 0 saturated heterocycles. The summed E-state index contributed by atoms with van der Waals surface area (Å²) in [6, 6.07) is 15.3. The first-order valence-electron chi connectivity index (χ1n) is 9.12. The van der Waals surface area contributed by atoms with Crippen molar-refractivity contribution in [2.75, 3.05) is 12.4 Å². The third kappa shape index (κ3) is 4.66. The van der Waals surface area contributed by atoms with Gasteiger partial charge in [0.25, 0.3) is 5.91 Å². The van der Waals surface area contributed by atoms with Crippen LogP contribution in [0.1, 0.15) is 27.3 Å². The Hall–Kier alpha value is -2.70. The minimum absolute atomic E-state index is 0.143. The standard InChI is InChI=1S/C22H23ClN4OS/c1-14-20(29-18-9-5-8-17(23)10-18)11-19(27(14)3)22(28)26-13-16-7-4-6-15(12-24)21(16)25-2/h4-12,24-25H,13H2,1-3H3,(H,26,28). The fourth-order valence-electron chi connectivity index (χ4n) is 3.11. The third-order valence-electron chi connectivity index (χ3n) is 4.77. The largest absolute Gasteiger partial charge is 0.387 e. The maximum absolute atomic E-state index is 12.8.